The molecule has 2 aromatic heterocycles. The van der Waals surface area contributed by atoms with Gasteiger partial charge in [-0.2, -0.15) is 5.26 Å². The molecule has 0 radical (unpaired) electrons. The van der Waals surface area contributed by atoms with Crippen LogP contribution in [-0.4, -0.2) is 32.8 Å². The topological polar surface area (TPSA) is 95.0 Å². The van der Waals surface area contributed by atoms with Gasteiger partial charge in [-0.3, -0.25) is 9.36 Å². The highest BCUT2D eigenvalue weighted by Crippen LogP contribution is 2.37. The molecule has 0 spiro atoms. The summed E-state index contributed by atoms with van der Waals surface area (Å²) in [5, 5.41) is 19.9. The maximum atomic E-state index is 13.1. The zero-order valence-corrected chi connectivity index (χ0v) is 16.7. The third kappa shape index (κ3) is 2.96. The zero-order valence-electron chi connectivity index (χ0n) is 16.7. The lowest BCUT2D eigenvalue weighted by Crippen LogP contribution is -2.33. The number of aliphatic hydroxyl groups is 1. The number of aryl methyl sites for hydroxylation is 2. The van der Waals surface area contributed by atoms with Crippen molar-refractivity contribution in [3.05, 3.63) is 63.3 Å². The Morgan fingerprint density at radius 1 is 1.20 bits per heavy atom. The number of pyridine rings is 1. The van der Waals surface area contributed by atoms with Crippen LogP contribution in [-0.2, 0) is 19.4 Å². The van der Waals surface area contributed by atoms with Crippen molar-refractivity contribution in [3.8, 4) is 6.07 Å². The maximum Gasteiger partial charge on any atom is 0.261 e. The molecule has 7 heteroatoms. The number of benzene rings is 1. The first-order chi connectivity index (χ1) is 14.7. The molecule has 2 aliphatic rings. The van der Waals surface area contributed by atoms with Gasteiger partial charge in [0.2, 0.25) is 0 Å². The molecule has 1 saturated heterocycles. The van der Waals surface area contributed by atoms with Crippen LogP contribution in [0.25, 0.3) is 10.9 Å². The number of rotatable bonds is 4. The van der Waals surface area contributed by atoms with Gasteiger partial charge in [0.15, 0.2) is 0 Å². The average molecular weight is 401 g/mol. The van der Waals surface area contributed by atoms with Crippen molar-refractivity contribution in [1.29, 1.82) is 5.26 Å². The molecule has 1 unspecified atom stereocenters. The number of hydrogen-bond donors (Lipinski definition) is 1. The van der Waals surface area contributed by atoms with E-state index in [1.807, 2.05) is 24.3 Å². The van der Waals surface area contributed by atoms with Gasteiger partial charge < -0.3 is 10.0 Å². The highest BCUT2D eigenvalue weighted by Gasteiger charge is 2.33. The van der Waals surface area contributed by atoms with Crippen LogP contribution in [0.1, 0.15) is 47.9 Å². The van der Waals surface area contributed by atoms with Crippen molar-refractivity contribution >= 4 is 16.7 Å². The Balaban J connectivity index is 1.66. The Kier molecular flexibility index (Phi) is 4.72. The predicted molar refractivity (Wildman–Crippen MR) is 113 cm³/mol. The quantitative estimate of drug-likeness (QED) is 0.722. The van der Waals surface area contributed by atoms with Crippen LogP contribution >= 0.6 is 0 Å². The summed E-state index contributed by atoms with van der Waals surface area (Å²) in [4.78, 5) is 25.0. The van der Waals surface area contributed by atoms with Gasteiger partial charge in [-0.25, -0.2) is 9.97 Å². The fourth-order valence-corrected chi connectivity index (χ4v) is 4.81. The Morgan fingerprint density at radius 2 is 2.07 bits per heavy atom. The second-order valence-electron chi connectivity index (χ2n) is 7.95. The minimum atomic E-state index is -0.159. The van der Waals surface area contributed by atoms with Crippen LogP contribution in [0, 0.1) is 11.3 Å². The number of hydrogen-bond acceptors (Lipinski definition) is 6. The van der Waals surface area contributed by atoms with Gasteiger partial charge in [0.05, 0.1) is 35.7 Å². The number of anilines is 1. The summed E-state index contributed by atoms with van der Waals surface area (Å²) >= 11 is 0. The van der Waals surface area contributed by atoms with Crippen molar-refractivity contribution < 1.29 is 5.11 Å². The van der Waals surface area contributed by atoms with Crippen LogP contribution < -0.4 is 10.5 Å². The van der Waals surface area contributed by atoms with E-state index in [0.29, 0.717) is 28.1 Å². The van der Waals surface area contributed by atoms with Crippen molar-refractivity contribution in [2.24, 2.45) is 0 Å². The second kappa shape index (κ2) is 7.54. The van der Waals surface area contributed by atoms with Crippen molar-refractivity contribution in [2.45, 2.75) is 44.7 Å². The Bertz CT molecular complexity index is 1230. The SMILES string of the molecule is N#Cc1cc2c(nc1N1CCCC1c1nc3ccccc3c(=O)n1CCO)CCC2. The summed E-state index contributed by atoms with van der Waals surface area (Å²) in [5.41, 5.74) is 3.35. The number of aromatic nitrogens is 3. The number of para-hydroxylation sites is 1. The molecular formula is C23H23N5O2. The lowest BCUT2D eigenvalue weighted by atomic mass is 10.1. The van der Waals surface area contributed by atoms with E-state index >= 15 is 0 Å². The first kappa shape index (κ1) is 18.8. The molecule has 3 aromatic rings. The van der Waals surface area contributed by atoms with Crippen LogP contribution in [0.3, 0.4) is 0 Å². The molecule has 1 fully saturated rings. The summed E-state index contributed by atoms with van der Waals surface area (Å²) in [6, 6.07) is 11.5. The molecule has 1 aliphatic carbocycles. The van der Waals surface area contributed by atoms with Crippen LogP contribution in [0.2, 0.25) is 0 Å². The highest BCUT2D eigenvalue weighted by atomic mass is 16.3. The van der Waals surface area contributed by atoms with Crippen LogP contribution in [0.5, 0.6) is 0 Å². The van der Waals surface area contributed by atoms with E-state index in [9.17, 15) is 15.2 Å². The molecule has 1 atom stereocenters. The molecule has 30 heavy (non-hydrogen) atoms. The Morgan fingerprint density at radius 3 is 2.90 bits per heavy atom. The predicted octanol–water partition coefficient (Wildman–Crippen LogP) is 2.49. The third-order valence-electron chi connectivity index (χ3n) is 6.19. The minimum absolute atomic E-state index is 0.139. The highest BCUT2D eigenvalue weighted by molar-refractivity contribution is 5.77. The zero-order chi connectivity index (χ0) is 20.7. The molecule has 3 heterocycles. The lowest BCUT2D eigenvalue weighted by Gasteiger charge is -2.28. The van der Waals surface area contributed by atoms with Crippen LogP contribution in [0.15, 0.2) is 35.1 Å². The molecule has 0 saturated carbocycles. The van der Waals surface area contributed by atoms with Gasteiger partial charge in [0, 0.05) is 12.2 Å². The summed E-state index contributed by atoms with van der Waals surface area (Å²) in [6.07, 6.45) is 4.73. The summed E-state index contributed by atoms with van der Waals surface area (Å²) in [7, 11) is 0. The van der Waals surface area contributed by atoms with Gasteiger partial charge in [0.1, 0.15) is 17.7 Å². The number of nitrogens with zero attached hydrogens (tertiary/aromatic N) is 5. The molecule has 1 aromatic carbocycles. The van der Waals surface area contributed by atoms with Gasteiger partial charge in [-0.1, -0.05) is 12.1 Å². The molecule has 5 rings (SSSR count). The fraction of sp³-hybridized carbons (Fsp3) is 0.391. The van der Waals surface area contributed by atoms with Gasteiger partial charge in [-0.05, 0) is 55.9 Å². The fourth-order valence-electron chi connectivity index (χ4n) is 4.81. The van der Waals surface area contributed by atoms with Gasteiger partial charge >= 0.3 is 0 Å². The second-order valence-corrected chi connectivity index (χ2v) is 7.95. The molecule has 152 valence electrons. The molecule has 0 bridgehead atoms. The number of fused-ring (bicyclic) bond motifs is 2. The van der Waals surface area contributed by atoms with Crippen molar-refractivity contribution in [3.63, 3.8) is 0 Å². The summed E-state index contributed by atoms with van der Waals surface area (Å²) in [5.74, 6) is 1.33. The molecule has 7 nitrogen and oxygen atoms in total. The minimum Gasteiger partial charge on any atom is -0.395 e. The monoisotopic (exact) mass is 401 g/mol. The van der Waals surface area contributed by atoms with Crippen molar-refractivity contribution in [1.82, 2.24) is 14.5 Å². The van der Waals surface area contributed by atoms with E-state index in [4.69, 9.17) is 9.97 Å². The maximum absolute atomic E-state index is 13.1. The van der Waals surface area contributed by atoms with E-state index in [0.717, 1.165) is 44.3 Å². The Labute approximate surface area is 174 Å². The summed E-state index contributed by atoms with van der Waals surface area (Å²) < 4.78 is 1.59. The molecule has 0 amide bonds. The van der Waals surface area contributed by atoms with E-state index in [1.165, 1.54) is 5.56 Å². The first-order valence-electron chi connectivity index (χ1n) is 10.5. The largest absolute Gasteiger partial charge is 0.395 e. The smallest absolute Gasteiger partial charge is 0.261 e. The average Bonchev–Trinajstić information content (AvgIpc) is 3.43. The van der Waals surface area contributed by atoms with E-state index in [1.54, 1.807) is 10.6 Å². The third-order valence-corrected chi connectivity index (χ3v) is 6.19. The molecule has 1 N–H and O–H groups in total. The van der Waals surface area contributed by atoms with E-state index < -0.39 is 0 Å². The van der Waals surface area contributed by atoms with Gasteiger partial charge in [-0.15, -0.1) is 0 Å². The number of nitriles is 1. The van der Waals surface area contributed by atoms with Crippen molar-refractivity contribution in [2.75, 3.05) is 18.1 Å². The molecular weight excluding hydrogens is 378 g/mol. The lowest BCUT2D eigenvalue weighted by molar-refractivity contribution is 0.270. The summed E-state index contributed by atoms with van der Waals surface area (Å²) in [6.45, 7) is 0.812. The molecule has 1 aliphatic heterocycles. The van der Waals surface area contributed by atoms with E-state index in [-0.39, 0.29) is 24.8 Å². The first-order valence-corrected chi connectivity index (χ1v) is 10.5. The normalized spacial score (nSPS) is 18.0. The number of aliphatic hydroxyl groups excluding tert-OH is 1. The van der Waals surface area contributed by atoms with Crippen LogP contribution in [0.4, 0.5) is 5.82 Å². The van der Waals surface area contributed by atoms with E-state index in [2.05, 4.69) is 11.0 Å². The standard InChI is InChI=1S/C23H23N5O2/c24-14-16-13-15-5-3-8-18(15)25-21(16)27-10-4-9-20(27)22-26-19-7-2-1-6-17(19)23(30)28(22)11-12-29/h1-2,6-7,13,20,29H,3-5,8-12H2. The van der Waals surface area contributed by atoms with Gasteiger partial charge in [0.25, 0.3) is 5.56 Å². The Hall–Kier alpha value is -3.24.